The van der Waals surface area contributed by atoms with Gasteiger partial charge in [-0.25, -0.2) is 14.8 Å². The Morgan fingerprint density at radius 3 is 2.48 bits per heavy atom. The predicted octanol–water partition coefficient (Wildman–Crippen LogP) is 3.06. The van der Waals surface area contributed by atoms with E-state index >= 15 is 0 Å². The second-order valence-corrected chi connectivity index (χ2v) is 7.45. The predicted molar refractivity (Wildman–Crippen MR) is 106 cm³/mol. The molecule has 2 aromatic heterocycles. The van der Waals surface area contributed by atoms with Crippen molar-refractivity contribution in [3.8, 4) is 17.5 Å². The van der Waals surface area contributed by atoms with Gasteiger partial charge >= 0.3 is 5.69 Å². The lowest BCUT2D eigenvalue weighted by Gasteiger charge is -2.09. The SMILES string of the molecule is CSc1nc(-c2ccc(Cl)cc2)nc(SCc2cc(=O)[nH]c(=O)[nH]2)c1C#N. The van der Waals surface area contributed by atoms with Crippen molar-refractivity contribution in [2.75, 3.05) is 6.26 Å². The molecule has 136 valence electrons. The van der Waals surface area contributed by atoms with Crippen molar-refractivity contribution in [3.63, 3.8) is 0 Å². The number of aromatic nitrogens is 4. The second-order valence-electron chi connectivity index (χ2n) is 5.26. The Kier molecular flexibility index (Phi) is 6.01. The van der Waals surface area contributed by atoms with Crippen LogP contribution in [0.4, 0.5) is 0 Å². The molecule has 3 rings (SSSR count). The van der Waals surface area contributed by atoms with Crippen molar-refractivity contribution in [1.82, 2.24) is 19.9 Å². The van der Waals surface area contributed by atoms with Gasteiger partial charge in [-0.3, -0.25) is 9.78 Å². The number of H-pyrrole nitrogens is 2. The molecule has 0 aliphatic rings. The fraction of sp³-hybridized carbons (Fsp3) is 0.118. The molecule has 1 aromatic carbocycles. The molecule has 3 aromatic rings. The van der Waals surface area contributed by atoms with E-state index in [9.17, 15) is 14.9 Å². The number of rotatable bonds is 5. The van der Waals surface area contributed by atoms with Crippen LogP contribution in [-0.2, 0) is 5.75 Å². The maximum atomic E-state index is 11.4. The van der Waals surface area contributed by atoms with Crippen LogP contribution in [-0.4, -0.2) is 26.2 Å². The van der Waals surface area contributed by atoms with Gasteiger partial charge < -0.3 is 4.98 Å². The highest BCUT2D eigenvalue weighted by Crippen LogP contribution is 2.31. The molecule has 0 aliphatic carbocycles. The van der Waals surface area contributed by atoms with Crippen molar-refractivity contribution in [3.05, 3.63) is 67.4 Å². The number of nitrogens with one attached hydrogen (secondary N) is 2. The largest absolute Gasteiger partial charge is 0.325 e. The summed E-state index contributed by atoms with van der Waals surface area (Å²) in [7, 11) is 0. The number of nitriles is 1. The van der Waals surface area contributed by atoms with Gasteiger partial charge in [-0.1, -0.05) is 23.4 Å². The van der Waals surface area contributed by atoms with Crippen molar-refractivity contribution in [1.29, 1.82) is 5.26 Å². The number of thioether (sulfide) groups is 2. The summed E-state index contributed by atoms with van der Waals surface area (Å²) >= 11 is 8.53. The third-order valence-corrected chi connectivity index (χ3v) is 5.39. The summed E-state index contributed by atoms with van der Waals surface area (Å²) in [5.41, 5.74) is 0.509. The van der Waals surface area contributed by atoms with E-state index < -0.39 is 11.2 Å². The highest BCUT2D eigenvalue weighted by Gasteiger charge is 2.16. The number of hydrogen-bond donors (Lipinski definition) is 2. The number of benzene rings is 1. The summed E-state index contributed by atoms with van der Waals surface area (Å²) in [4.78, 5) is 36.5. The van der Waals surface area contributed by atoms with Crippen LogP contribution in [0.25, 0.3) is 11.4 Å². The lowest BCUT2D eigenvalue weighted by molar-refractivity contribution is 0.950. The van der Waals surface area contributed by atoms with E-state index in [-0.39, 0.29) is 5.75 Å². The van der Waals surface area contributed by atoms with Gasteiger partial charge in [0, 0.05) is 28.1 Å². The molecule has 0 aliphatic heterocycles. The number of halogens is 1. The quantitative estimate of drug-likeness (QED) is 0.484. The normalized spacial score (nSPS) is 10.6. The molecule has 0 spiro atoms. The van der Waals surface area contributed by atoms with Crippen molar-refractivity contribution < 1.29 is 0 Å². The second kappa shape index (κ2) is 8.43. The Morgan fingerprint density at radius 1 is 1.15 bits per heavy atom. The molecule has 0 bridgehead atoms. The topological polar surface area (TPSA) is 115 Å². The summed E-state index contributed by atoms with van der Waals surface area (Å²) in [5, 5.41) is 11.2. The Hall–Kier alpha value is -2.54. The third kappa shape index (κ3) is 4.60. The minimum atomic E-state index is -0.576. The van der Waals surface area contributed by atoms with Gasteiger partial charge in [0.25, 0.3) is 5.56 Å². The van der Waals surface area contributed by atoms with Gasteiger partial charge in [-0.2, -0.15) is 5.26 Å². The molecule has 0 atom stereocenters. The minimum absolute atomic E-state index is 0.277. The summed E-state index contributed by atoms with van der Waals surface area (Å²) in [6.45, 7) is 0. The lowest BCUT2D eigenvalue weighted by atomic mass is 10.2. The summed E-state index contributed by atoms with van der Waals surface area (Å²) < 4.78 is 0. The highest BCUT2D eigenvalue weighted by atomic mass is 35.5. The van der Waals surface area contributed by atoms with E-state index in [0.717, 1.165) is 5.56 Å². The molecular weight excluding hydrogens is 406 g/mol. The van der Waals surface area contributed by atoms with Gasteiger partial charge in [-0.15, -0.1) is 11.8 Å². The summed E-state index contributed by atoms with van der Waals surface area (Å²) in [6, 6.07) is 10.5. The Labute approximate surface area is 167 Å². The van der Waals surface area contributed by atoms with Crippen LogP contribution in [0.1, 0.15) is 11.3 Å². The smallest absolute Gasteiger partial charge is 0.310 e. The molecule has 2 heterocycles. The fourth-order valence-corrected chi connectivity index (χ4v) is 3.84. The zero-order valence-corrected chi connectivity index (χ0v) is 16.3. The van der Waals surface area contributed by atoms with Gasteiger partial charge in [0.1, 0.15) is 21.7 Å². The van der Waals surface area contributed by atoms with Gasteiger partial charge in [0.15, 0.2) is 5.82 Å². The van der Waals surface area contributed by atoms with Crippen molar-refractivity contribution in [2.24, 2.45) is 0 Å². The van der Waals surface area contributed by atoms with Crippen LogP contribution in [0.3, 0.4) is 0 Å². The average molecular weight is 418 g/mol. The Bertz CT molecular complexity index is 1110. The average Bonchev–Trinajstić information content (AvgIpc) is 2.65. The van der Waals surface area contributed by atoms with Gasteiger partial charge in [0.05, 0.1) is 0 Å². The maximum absolute atomic E-state index is 11.4. The molecule has 0 saturated carbocycles. The lowest BCUT2D eigenvalue weighted by Crippen LogP contribution is -2.22. The molecule has 0 amide bonds. The molecule has 0 fully saturated rings. The van der Waals surface area contributed by atoms with Gasteiger partial charge in [-0.05, 0) is 30.5 Å². The molecule has 27 heavy (non-hydrogen) atoms. The zero-order chi connectivity index (χ0) is 19.4. The molecule has 7 nitrogen and oxygen atoms in total. The number of hydrogen-bond acceptors (Lipinski definition) is 7. The van der Waals surface area contributed by atoms with Crippen LogP contribution in [0.5, 0.6) is 0 Å². The number of nitrogens with zero attached hydrogens (tertiary/aromatic N) is 3. The van der Waals surface area contributed by atoms with Crippen molar-refractivity contribution >= 4 is 35.1 Å². The monoisotopic (exact) mass is 417 g/mol. The first-order valence-electron chi connectivity index (χ1n) is 7.57. The molecule has 0 saturated heterocycles. The maximum Gasteiger partial charge on any atom is 0.325 e. The van der Waals surface area contributed by atoms with E-state index in [4.69, 9.17) is 11.6 Å². The zero-order valence-electron chi connectivity index (χ0n) is 13.9. The minimum Gasteiger partial charge on any atom is -0.310 e. The van der Waals surface area contributed by atoms with E-state index in [0.29, 0.717) is 32.2 Å². The van der Waals surface area contributed by atoms with Crippen LogP contribution in [0.2, 0.25) is 5.02 Å². The fourth-order valence-electron chi connectivity index (χ4n) is 2.24. The first-order valence-corrected chi connectivity index (χ1v) is 10.2. The summed E-state index contributed by atoms with van der Waals surface area (Å²) in [5.74, 6) is 0.746. The highest BCUT2D eigenvalue weighted by molar-refractivity contribution is 7.99. The standard InChI is InChI=1S/C17H12ClN5O2S2/c1-26-15-12(7-19)16(27-8-11-6-13(24)21-17(25)20-11)23-14(22-15)9-2-4-10(18)5-3-9/h2-6H,8H2,1H3,(H2,20,21,24,25). The van der Waals surface area contributed by atoms with E-state index in [1.165, 1.54) is 29.6 Å². The summed E-state index contributed by atoms with van der Waals surface area (Å²) in [6.07, 6.45) is 1.83. The molecule has 0 radical (unpaired) electrons. The van der Waals surface area contributed by atoms with E-state index in [2.05, 4.69) is 26.0 Å². The van der Waals surface area contributed by atoms with Crippen molar-refractivity contribution in [2.45, 2.75) is 15.8 Å². The van der Waals surface area contributed by atoms with Gasteiger partial charge in [0.2, 0.25) is 0 Å². The van der Waals surface area contributed by atoms with Crippen LogP contribution < -0.4 is 11.2 Å². The van der Waals surface area contributed by atoms with Crippen LogP contribution >= 0.6 is 35.1 Å². The molecular formula is C17H12ClN5O2S2. The molecule has 2 N–H and O–H groups in total. The Morgan fingerprint density at radius 2 is 1.85 bits per heavy atom. The first kappa shape index (κ1) is 19.2. The first-order chi connectivity index (χ1) is 13.0. The molecule has 10 heteroatoms. The number of aromatic amines is 2. The Balaban J connectivity index is 2.00. The van der Waals surface area contributed by atoms with E-state index in [1.807, 2.05) is 6.26 Å². The van der Waals surface area contributed by atoms with Crippen LogP contribution in [0.15, 0.2) is 50.0 Å². The third-order valence-electron chi connectivity index (χ3n) is 3.43. The van der Waals surface area contributed by atoms with E-state index in [1.54, 1.807) is 24.3 Å². The molecule has 0 unspecified atom stereocenters. The van der Waals surface area contributed by atoms with Crippen LogP contribution in [0, 0.1) is 11.3 Å².